The second-order valence-electron chi connectivity index (χ2n) is 6.35. The zero-order chi connectivity index (χ0) is 16.1. The van der Waals surface area contributed by atoms with E-state index < -0.39 is 0 Å². The van der Waals surface area contributed by atoms with E-state index in [1.165, 1.54) is 96.3 Å². The van der Waals surface area contributed by atoms with E-state index in [1.807, 2.05) is 0 Å². The topological polar surface area (TPSA) is 29.4 Å². The number of carbonyl (C=O) groups excluding carboxylic acids is 1. The average molecular weight is 328 g/mol. The normalized spacial score (nSPS) is 10.6. The van der Waals surface area contributed by atoms with E-state index in [0.29, 0.717) is 6.54 Å². The van der Waals surface area contributed by atoms with Gasteiger partial charge in [0, 0.05) is 0 Å². The Labute approximate surface area is 144 Å². The monoisotopic (exact) mass is 327 g/mol. The summed E-state index contributed by atoms with van der Waals surface area (Å²) in [6.07, 6.45) is 23.3. The Kier molecular flexibility index (Phi) is 20.5. The summed E-state index contributed by atoms with van der Waals surface area (Å²) in [6, 6.07) is 0. The molecule has 2 nitrogen and oxygen atoms in total. The Bertz CT molecular complexity index is 252. The molecule has 0 aromatic heterocycles. The standard InChI is InChI=1S/C19H37NOS/c21-19-20-17-15-13-11-9-7-5-3-1-2-4-6-8-10-12-14-16-18-22/h22H,1-18H2. The van der Waals surface area contributed by atoms with E-state index in [2.05, 4.69) is 17.6 Å². The molecule has 0 N–H and O–H groups in total. The third kappa shape index (κ3) is 19.7. The van der Waals surface area contributed by atoms with Gasteiger partial charge in [-0.05, 0) is 18.6 Å². The molecule has 0 unspecified atom stereocenters. The summed E-state index contributed by atoms with van der Waals surface area (Å²) in [5.41, 5.74) is 0. The van der Waals surface area contributed by atoms with Crippen molar-refractivity contribution in [3.63, 3.8) is 0 Å². The molecule has 3 heteroatoms. The lowest BCUT2D eigenvalue weighted by Gasteiger charge is -2.03. The summed E-state index contributed by atoms with van der Waals surface area (Å²) in [7, 11) is 0. The molecule has 0 aliphatic rings. The Hall–Kier alpha value is -0.270. The Morgan fingerprint density at radius 2 is 0.864 bits per heavy atom. The number of isocyanates is 1. The van der Waals surface area contributed by atoms with Gasteiger partial charge < -0.3 is 0 Å². The molecule has 0 aliphatic carbocycles. The number of aliphatic imine (C=N–C) groups is 1. The third-order valence-corrected chi connectivity index (χ3v) is 4.56. The van der Waals surface area contributed by atoms with Crippen molar-refractivity contribution in [1.82, 2.24) is 0 Å². The second-order valence-corrected chi connectivity index (χ2v) is 6.80. The SMILES string of the molecule is O=C=NCCCCCCCCCCCCCCCCCCS. The first-order valence-electron chi connectivity index (χ1n) is 9.56. The molecule has 0 heterocycles. The van der Waals surface area contributed by atoms with Gasteiger partial charge in [-0.1, -0.05) is 89.9 Å². The molecule has 0 fully saturated rings. The van der Waals surface area contributed by atoms with Crippen molar-refractivity contribution in [1.29, 1.82) is 0 Å². The number of hydrogen-bond acceptors (Lipinski definition) is 3. The summed E-state index contributed by atoms with van der Waals surface area (Å²) in [5, 5.41) is 0. The minimum absolute atomic E-state index is 0.665. The fourth-order valence-electron chi connectivity index (χ4n) is 2.82. The van der Waals surface area contributed by atoms with Crippen molar-refractivity contribution in [2.24, 2.45) is 4.99 Å². The second kappa shape index (κ2) is 20.7. The predicted molar refractivity (Wildman–Crippen MR) is 101 cm³/mol. The van der Waals surface area contributed by atoms with Crippen LogP contribution in [0.3, 0.4) is 0 Å². The third-order valence-electron chi connectivity index (χ3n) is 4.24. The van der Waals surface area contributed by atoms with Crippen LogP contribution in [0.15, 0.2) is 4.99 Å². The molecule has 0 aromatic carbocycles. The van der Waals surface area contributed by atoms with E-state index >= 15 is 0 Å². The summed E-state index contributed by atoms with van der Waals surface area (Å²) in [5.74, 6) is 1.05. The van der Waals surface area contributed by atoms with Crippen LogP contribution in [0, 0.1) is 0 Å². The molecule has 130 valence electrons. The number of unbranched alkanes of at least 4 members (excludes halogenated alkanes) is 15. The highest BCUT2D eigenvalue weighted by Crippen LogP contribution is 2.13. The number of hydrogen-bond donors (Lipinski definition) is 1. The highest BCUT2D eigenvalue weighted by atomic mass is 32.1. The van der Waals surface area contributed by atoms with Gasteiger partial charge in [-0.25, -0.2) is 9.79 Å². The Morgan fingerprint density at radius 3 is 1.18 bits per heavy atom. The largest absolute Gasteiger partial charge is 0.234 e. The van der Waals surface area contributed by atoms with Crippen LogP contribution in [-0.4, -0.2) is 18.4 Å². The van der Waals surface area contributed by atoms with E-state index in [9.17, 15) is 4.79 Å². The number of thiol groups is 1. The van der Waals surface area contributed by atoms with Crippen LogP contribution in [0.1, 0.15) is 103 Å². The van der Waals surface area contributed by atoms with Crippen LogP contribution < -0.4 is 0 Å². The van der Waals surface area contributed by atoms with Crippen molar-refractivity contribution in [2.45, 2.75) is 103 Å². The Balaban J connectivity index is 2.95. The molecule has 0 amide bonds. The van der Waals surface area contributed by atoms with Crippen LogP contribution in [0.5, 0.6) is 0 Å². The van der Waals surface area contributed by atoms with Gasteiger partial charge in [-0.3, -0.25) is 0 Å². The van der Waals surface area contributed by atoms with E-state index in [4.69, 9.17) is 0 Å². The molecule has 0 rings (SSSR count). The molecule has 0 saturated carbocycles. The van der Waals surface area contributed by atoms with Gasteiger partial charge in [0.05, 0.1) is 6.54 Å². The molecule has 0 aromatic rings. The highest BCUT2D eigenvalue weighted by Gasteiger charge is 1.94. The Morgan fingerprint density at radius 1 is 0.545 bits per heavy atom. The molecule has 0 atom stereocenters. The molecular weight excluding hydrogens is 290 g/mol. The first-order valence-corrected chi connectivity index (χ1v) is 10.2. The van der Waals surface area contributed by atoms with Crippen LogP contribution in [0.25, 0.3) is 0 Å². The lowest BCUT2D eigenvalue weighted by atomic mass is 10.0. The summed E-state index contributed by atoms with van der Waals surface area (Å²) in [4.78, 5) is 13.5. The summed E-state index contributed by atoms with van der Waals surface area (Å²) in [6.45, 7) is 0.665. The van der Waals surface area contributed by atoms with Gasteiger partial charge in [0.25, 0.3) is 0 Å². The van der Waals surface area contributed by atoms with Gasteiger partial charge in [0.1, 0.15) is 0 Å². The molecule has 0 radical (unpaired) electrons. The van der Waals surface area contributed by atoms with Crippen LogP contribution in [0.4, 0.5) is 0 Å². The van der Waals surface area contributed by atoms with Crippen LogP contribution >= 0.6 is 12.6 Å². The number of nitrogens with zero attached hydrogens (tertiary/aromatic N) is 1. The van der Waals surface area contributed by atoms with Crippen LogP contribution in [0.2, 0.25) is 0 Å². The minimum atomic E-state index is 0.665. The smallest absolute Gasteiger partial charge is 0.211 e. The maximum atomic E-state index is 9.88. The molecule has 0 bridgehead atoms. The fraction of sp³-hybridized carbons (Fsp3) is 0.947. The number of rotatable bonds is 18. The zero-order valence-electron chi connectivity index (χ0n) is 14.5. The quantitative estimate of drug-likeness (QED) is 0.132. The molecule has 0 spiro atoms. The van der Waals surface area contributed by atoms with Crippen molar-refractivity contribution < 1.29 is 4.79 Å². The van der Waals surface area contributed by atoms with Gasteiger partial charge in [0.2, 0.25) is 6.08 Å². The van der Waals surface area contributed by atoms with Crippen molar-refractivity contribution >= 4 is 18.7 Å². The zero-order valence-corrected chi connectivity index (χ0v) is 15.4. The van der Waals surface area contributed by atoms with Gasteiger partial charge >= 0.3 is 0 Å². The van der Waals surface area contributed by atoms with Crippen molar-refractivity contribution in [2.75, 3.05) is 12.3 Å². The minimum Gasteiger partial charge on any atom is -0.211 e. The van der Waals surface area contributed by atoms with E-state index in [0.717, 1.165) is 12.2 Å². The maximum Gasteiger partial charge on any atom is 0.234 e. The molecule has 22 heavy (non-hydrogen) atoms. The van der Waals surface area contributed by atoms with Crippen molar-refractivity contribution in [3.8, 4) is 0 Å². The van der Waals surface area contributed by atoms with Gasteiger partial charge in [0.15, 0.2) is 0 Å². The van der Waals surface area contributed by atoms with E-state index in [-0.39, 0.29) is 0 Å². The van der Waals surface area contributed by atoms with Gasteiger partial charge in [-0.2, -0.15) is 12.6 Å². The lowest BCUT2D eigenvalue weighted by Crippen LogP contribution is -1.85. The van der Waals surface area contributed by atoms with Crippen LogP contribution in [-0.2, 0) is 4.79 Å². The van der Waals surface area contributed by atoms with Gasteiger partial charge in [-0.15, -0.1) is 0 Å². The highest BCUT2D eigenvalue weighted by molar-refractivity contribution is 7.80. The predicted octanol–water partition coefficient (Wildman–Crippen LogP) is 6.49. The fourth-order valence-corrected chi connectivity index (χ4v) is 3.05. The first-order chi connectivity index (χ1) is 10.9. The maximum absolute atomic E-state index is 9.88. The molecular formula is C19H37NOS. The average Bonchev–Trinajstić information content (AvgIpc) is 2.54. The van der Waals surface area contributed by atoms with E-state index in [1.54, 1.807) is 6.08 Å². The first kappa shape index (κ1) is 21.7. The molecule has 0 saturated heterocycles. The summed E-state index contributed by atoms with van der Waals surface area (Å²) < 4.78 is 0. The lowest BCUT2D eigenvalue weighted by molar-refractivity contribution is 0.530. The van der Waals surface area contributed by atoms with Crippen molar-refractivity contribution in [3.05, 3.63) is 0 Å². The summed E-state index contributed by atoms with van der Waals surface area (Å²) >= 11 is 4.24. The molecule has 0 aliphatic heterocycles.